The van der Waals surface area contributed by atoms with Crippen LogP contribution in [0.15, 0.2) is 12.3 Å². The van der Waals surface area contributed by atoms with Gasteiger partial charge >= 0.3 is 0 Å². The van der Waals surface area contributed by atoms with Crippen molar-refractivity contribution in [3.63, 3.8) is 0 Å². The van der Waals surface area contributed by atoms with E-state index in [1.54, 1.807) is 0 Å². The van der Waals surface area contributed by atoms with Gasteiger partial charge in [-0.1, -0.05) is 12.8 Å². The van der Waals surface area contributed by atoms with E-state index < -0.39 is 0 Å². The molecular formula is C13H19N3. The number of nitrogens with zero attached hydrogens (tertiary/aromatic N) is 2. The van der Waals surface area contributed by atoms with E-state index in [-0.39, 0.29) is 0 Å². The molecule has 1 N–H and O–H groups in total. The summed E-state index contributed by atoms with van der Waals surface area (Å²) in [7, 11) is 0. The van der Waals surface area contributed by atoms with Gasteiger partial charge in [-0.15, -0.1) is 0 Å². The van der Waals surface area contributed by atoms with Gasteiger partial charge in [-0.3, -0.25) is 0 Å². The summed E-state index contributed by atoms with van der Waals surface area (Å²) < 4.78 is 0. The highest BCUT2D eigenvalue weighted by molar-refractivity contribution is 5.10. The first kappa shape index (κ1) is 10.2. The topological polar surface area (TPSA) is 37.8 Å². The molecule has 0 aromatic carbocycles. The SMILES string of the molecule is c1cc(C2CCCC2)nc(CNC2CC2)n1. The maximum Gasteiger partial charge on any atom is 0.142 e. The smallest absolute Gasteiger partial charge is 0.142 e. The van der Waals surface area contributed by atoms with E-state index in [0.29, 0.717) is 5.92 Å². The van der Waals surface area contributed by atoms with E-state index in [0.717, 1.165) is 18.4 Å². The Morgan fingerprint density at radius 3 is 2.75 bits per heavy atom. The summed E-state index contributed by atoms with van der Waals surface area (Å²) in [6.45, 7) is 0.839. The highest BCUT2D eigenvalue weighted by Crippen LogP contribution is 2.32. The van der Waals surface area contributed by atoms with Crippen molar-refractivity contribution in [3.8, 4) is 0 Å². The molecule has 2 aliphatic rings. The molecule has 1 aromatic heterocycles. The van der Waals surface area contributed by atoms with Crippen LogP contribution in [0, 0.1) is 0 Å². The van der Waals surface area contributed by atoms with E-state index in [1.165, 1.54) is 44.2 Å². The Morgan fingerprint density at radius 2 is 2.00 bits per heavy atom. The van der Waals surface area contributed by atoms with Gasteiger partial charge in [0.15, 0.2) is 0 Å². The fourth-order valence-corrected chi connectivity index (χ4v) is 2.47. The van der Waals surface area contributed by atoms with Crippen molar-refractivity contribution >= 4 is 0 Å². The molecule has 1 aromatic rings. The highest BCUT2D eigenvalue weighted by Gasteiger charge is 2.21. The van der Waals surface area contributed by atoms with E-state index >= 15 is 0 Å². The van der Waals surface area contributed by atoms with E-state index in [2.05, 4.69) is 21.4 Å². The maximum atomic E-state index is 4.68. The average molecular weight is 217 g/mol. The largest absolute Gasteiger partial charge is 0.307 e. The fourth-order valence-electron chi connectivity index (χ4n) is 2.47. The van der Waals surface area contributed by atoms with Crippen molar-refractivity contribution in [2.75, 3.05) is 0 Å². The van der Waals surface area contributed by atoms with Gasteiger partial charge < -0.3 is 5.32 Å². The lowest BCUT2D eigenvalue weighted by Gasteiger charge is -2.09. The van der Waals surface area contributed by atoms with Crippen molar-refractivity contribution in [2.45, 2.75) is 57.0 Å². The third-order valence-corrected chi connectivity index (χ3v) is 3.63. The second kappa shape index (κ2) is 4.50. The van der Waals surface area contributed by atoms with Crippen LogP contribution in [0.5, 0.6) is 0 Å². The van der Waals surface area contributed by atoms with E-state index in [1.807, 2.05) is 6.20 Å². The first-order valence-corrected chi connectivity index (χ1v) is 6.47. The van der Waals surface area contributed by atoms with Crippen molar-refractivity contribution in [3.05, 3.63) is 23.8 Å². The molecule has 3 rings (SSSR count). The average Bonchev–Trinajstić information content (AvgIpc) is 2.99. The van der Waals surface area contributed by atoms with Gasteiger partial charge in [0.25, 0.3) is 0 Å². The number of hydrogen-bond donors (Lipinski definition) is 1. The monoisotopic (exact) mass is 217 g/mol. The van der Waals surface area contributed by atoms with Crippen LogP contribution in [0.1, 0.15) is 56.0 Å². The van der Waals surface area contributed by atoms with Gasteiger partial charge in [0.1, 0.15) is 5.82 Å². The number of aromatic nitrogens is 2. The Morgan fingerprint density at radius 1 is 1.19 bits per heavy atom. The Balaban J connectivity index is 1.65. The van der Waals surface area contributed by atoms with Crippen LogP contribution in [-0.2, 0) is 6.54 Å². The second-order valence-electron chi connectivity index (χ2n) is 5.03. The first-order chi connectivity index (χ1) is 7.92. The zero-order valence-electron chi connectivity index (χ0n) is 9.65. The van der Waals surface area contributed by atoms with Crippen molar-refractivity contribution in [2.24, 2.45) is 0 Å². The molecule has 2 fully saturated rings. The molecular weight excluding hydrogens is 198 g/mol. The van der Waals surface area contributed by atoms with E-state index in [4.69, 9.17) is 0 Å². The zero-order chi connectivity index (χ0) is 10.8. The van der Waals surface area contributed by atoms with Gasteiger partial charge in [-0.2, -0.15) is 0 Å². The minimum Gasteiger partial charge on any atom is -0.307 e. The summed E-state index contributed by atoms with van der Waals surface area (Å²) in [6, 6.07) is 2.83. The fraction of sp³-hybridized carbons (Fsp3) is 0.692. The van der Waals surface area contributed by atoms with Gasteiger partial charge in [-0.25, -0.2) is 9.97 Å². The minimum absolute atomic E-state index is 0.697. The van der Waals surface area contributed by atoms with Crippen LogP contribution < -0.4 is 5.32 Å². The van der Waals surface area contributed by atoms with Crippen LogP contribution in [0.3, 0.4) is 0 Å². The Labute approximate surface area is 96.7 Å². The number of nitrogens with one attached hydrogen (secondary N) is 1. The van der Waals surface area contributed by atoms with Crippen LogP contribution >= 0.6 is 0 Å². The van der Waals surface area contributed by atoms with Gasteiger partial charge in [0.05, 0.1) is 6.54 Å². The van der Waals surface area contributed by atoms with Crippen LogP contribution in [0.2, 0.25) is 0 Å². The predicted octanol–water partition coefficient (Wildman–Crippen LogP) is 2.39. The summed E-state index contributed by atoms with van der Waals surface area (Å²) in [5, 5.41) is 3.47. The molecule has 0 saturated heterocycles. The molecule has 0 atom stereocenters. The molecule has 0 bridgehead atoms. The molecule has 0 aliphatic heterocycles. The summed E-state index contributed by atoms with van der Waals surface area (Å²) >= 11 is 0. The first-order valence-electron chi connectivity index (χ1n) is 6.47. The molecule has 3 nitrogen and oxygen atoms in total. The van der Waals surface area contributed by atoms with Gasteiger partial charge in [0.2, 0.25) is 0 Å². The van der Waals surface area contributed by atoms with Gasteiger partial charge in [0, 0.05) is 23.9 Å². The Bertz CT molecular complexity index is 354. The summed E-state index contributed by atoms with van der Waals surface area (Å²) in [4.78, 5) is 9.02. The van der Waals surface area contributed by atoms with Crippen molar-refractivity contribution < 1.29 is 0 Å². The van der Waals surface area contributed by atoms with Crippen molar-refractivity contribution in [1.29, 1.82) is 0 Å². The number of rotatable bonds is 4. The standard InChI is InChI=1S/C13H19N3/c1-2-4-10(3-1)12-7-8-14-13(16-12)9-15-11-5-6-11/h7-8,10-11,15H,1-6,9H2. The molecule has 0 spiro atoms. The lowest BCUT2D eigenvalue weighted by atomic mass is 10.0. The molecule has 16 heavy (non-hydrogen) atoms. The lowest BCUT2D eigenvalue weighted by molar-refractivity contribution is 0.635. The number of hydrogen-bond acceptors (Lipinski definition) is 3. The highest BCUT2D eigenvalue weighted by atomic mass is 15.0. The molecule has 0 unspecified atom stereocenters. The normalized spacial score (nSPS) is 21.5. The molecule has 86 valence electrons. The third kappa shape index (κ3) is 2.40. The summed E-state index contributed by atoms with van der Waals surface area (Å²) in [6.07, 6.45) is 9.92. The molecule has 0 amide bonds. The third-order valence-electron chi connectivity index (χ3n) is 3.63. The molecule has 2 saturated carbocycles. The van der Waals surface area contributed by atoms with Crippen LogP contribution in [0.4, 0.5) is 0 Å². The van der Waals surface area contributed by atoms with Gasteiger partial charge in [-0.05, 0) is 31.7 Å². The maximum absolute atomic E-state index is 4.68. The molecule has 3 heteroatoms. The molecule has 2 aliphatic carbocycles. The van der Waals surface area contributed by atoms with Crippen LogP contribution in [-0.4, -0.2) is 16.0 Å². The quantitative estimate of drug-likeness (QED) is 0.841. The Hall–Kier alpha value is -0.960. The molecule has 1 heterocycles. The minimum atomic E-state index is 0.697. The lowest BCUT2D eigenvalue weighted by Crippen LogP contribution is -2.17. The van der Waals surface area contributed by atoms with Crippen LogP contribution in [0.25, 0.3) is 0 Å². The zero-order valence-corrected chi connectivity index (χ0v) is 9.65. The summed E-state index contributed by atoms with van der Waals surface area (Å²) in [5.74, 6) is 1.67. The molecule has 0 radical (unpaired) electrons. The second-order valence-corrected chi connectivity index (χ2v) is 5.03. The summed E-state index contributed by atoms with van der Waals surface area (Å²) in [5.41, 5.74) is 1.26. The van der Waals surface area contributed by atoms with Crippen molar-refractivity contribution in [1.82, 2.24) is 15.3 Å². The Kier molecular flexibility index (Phi) is 2.87. The van der Waals surface area contributed by atoms with E-state index in [9.17, 15) is 0 Å². The predicted molar refractivity (Wildman–Crippen MR) is 63.1 cm³/mol.